The Kier molecular flexibility index (Phi) is 5.99. The lowest BCUT2D eigenvalue weighted by atomic mass is 10.0. The smallest absolute Gasteiger partial charge is 0.272 e. The fraction of sp³-hybridized carbons (Fsp3) is 0.300. The van der Waals surface area contributed by atoms with Crippen LogP contribution in [0.1, 0.15) is 28.8 Å². The summed E-state index contributed by atoms with van der Waals surface area (Å²) in [6, 6.07) is 9.00. The van der Waals surface area contributed by atoms with Crippen LogP contribution in [-0.2, 0) is 11.2 Å². The summed E-state index contributed by atoms with van der Waals surface area (Å²) in [5.41, 5.74) is 6.30. The Hall–Kier alpha value is -2.87. The summed E-state index contributed by atoms with van der Waals surface area (Å²) >= 11 is 0. The topological polar surface area (TPSA) is 66.6 Å². The van der Waals surface area contributed by atoms with Crippen molar-refractivity contribution in [1.29, 1.82) is 0 Å². The first-order valence-corrected chi connectivity index (χ1v) is 8.93. The second-order valence-corrected chi connectivity index (χ2v) is 6.69. The van der Waals surface area contributed by atoms with Gasteiger partial charge in [-0.3, -0.25) is 14.6 Å². The molecule has 0 bridgehead atoms. The van der Waals surface area contributed by atoms with E-state index < -0.39 is 23.5 Å². The van der Waals surface area contributed by atoms with Gasteiger partial charge < -0.3 is 5.73 Å². The minimum absolute atomic E-state index is 0.0992. The van der Waals surface area contributed by atoms with Crippen molar-refractivity contribution in [3.05, 3.63) is 71.0 Å². The van der Waals surface area contributed by atoms with Crippen molar-refractivity contribution in [1.82, 2.24) is 10.0 Å². The van der Waals surface area contributed by atoms with Crippen LogP contribution in [0.25, 0.3) is 0 Å². The van der Waals surface area contributed by atoms with Gasteiger partial charge in [-0.15, -0.1) is 0 Å². The number of nitrogens with two attached hydrogens (primary N) is 1. The second-order valence-electron chi connectivity index (χ2n) is 6.69. The fourth-order valence-corrected chi connectivity index (χ4v) is 3.22. The molecule has 0 saturated carbocycles. The summed E-state index contributed by atoms with van der Waals surface area (Å²) in [4.78, 5) is 25.2. The maximum Gasteiger partial charge on any atom is 0.272 e. The van der Waals surface area contributed by atoms with E-state index in [1.807, 2.05) is 0 Å². The molecule has 1 aliphatic rings. The zero-order chi connectivity index (χ0) is 20.3. The van der Waals surface area contributed by atoms with Gasteiger partial charge in [0.05, 0.1) is 0 Å². The van der Waals surface area contributed by atoms with Gasteiger partial charge in [-0.2, -0.15) is 0 Å². The summed E-state index contributed by atoms with van der Waals surface area (Å²) in [6.07, 6.45) is 0.351. The molecule has 1 fully saturated rings. The molecule has 2 aromatic rings. The van der Waals surface area contributed by atoms with Crippen molar-refractivity contribution in [2.24, 2.45) is 5.73 Å². The molecule has 1 atom stereocenters. The molecule has 3 rings (SSSR count). The van der Waals surface area contributed by atoms with Gasteiger partial charge in [0.1, 0.15) is 5.82 Å². The average Bonchev–Trinajstić information content (AvgIpc) is 3.16. The highest BCUT2D eigenvalue weighted by atomic mass is 19.2. The van der Waals surface area contributed by atoms with E-state index in [0.717, 1.165) is 6.07 Å². The predicted octanol–water partition coefficient (Wildman–Crippen LogP) is 2.65. The molecule has 0 unspecified atom stereocenters. The number of hydrazine groups is 1. The number of amides is 2. The highest BCUT2D eigenvalue weighted by Gasteiger charge is 2.32. The van der Waals surface area contributed by atoms with Crippen LogP contribution in [-0.4, -0.2) is 41.0 Å². The number of carbonyl (C=O) groups excluding carboxylic acids is 2. The Morgan fingerprint density at radius 3 is 2.32 bits per heavy atom. The molecule has 1 aliphatic heterocycles. The first kappa shape index (κ1) is 19.9. The number of hydrogen-bond donors (Lipinski definition) is 1. The van der Waals surface area contributed by atoms with E-state index in [2.05, 4.69) is 0 Å². The van der Waals surface area contributed by atoms with Crippen LogP contribution in [0.2, 0.25) is 0 Å². The van der Waals surface area contributed by atoms with Crippen molar-refractivity contribution in [3.63, 3.8) is 0 Å². The minimum atomic E-state index is -1.28. The van der Waals surface area contributed by atoms with Gasteiger partial charge in [-0.05, 0) is 36.6 Å². The Morgan fingerprint density at radius 1 is 0.964 bits per heavy atom. The Labute approximate surface area is 160 Å². The van der Waals surface area contributed by atoms with Crippen molar-refractivity contribution in [3.8, 4) is 0 Å². The lowest BCUT2D eigenvalue weighted by Gasteiger charge is -2.29. The third kappa shape index (κ3) is 4.33. The van der Waals surface area contributed by atoms with E-state index in [4.69, 9.17) is 5.73 Å². The molecule has 0 radical (unpaired) electrons. The van der Waals surface area contributed by atoms with Crippen molar-refractivity contribution >= 4 is 11.8 Å². The zero-order valence-corrected chi connectivity index (χ0v) is 15.1. The maximum atomic E-state index is 13.8. The normalized spacial score (nSPS) is 15.0. The number of nitrogens with zero attached hydrogens (tertiary/aromatic N) is 2. The molecule has 0 spiro atoms. The highest BCUT2D eigenvalue weighted by molar-refractivity contribution is 5.95. The molecular weight excluding hydrogens is 371 g/mol. The zero-order valence-electron chi connectivity index (χ0n) is 15.1. The van der Waals surface area contributed by atoms with Crippen LogP contribution in [0.3, 0.4) is 0 Å². The van der Waals surface area contributed by atoms with E-state index in [-0.39, 0.29) is 30.2 Å². The fourth-order valence-electron chi connectivity index (χ4n) is 3.22. The van der Waals surface area contributed by atoms with Gasteiger partial charge in [-0.25, -0.2) is 18.2 Å². The van der Waals surface area contributed by atoms with Gasteiger partial charge in [0.25, 0.3) is 5.91 Å². The SMILES string of the molecule is N[C@@H](CC(=O)N1CCCN1C(=O)c1ccccc1)Cc1cc(F)c(F)cc1F. The summed E-state index contributed by atoms with van der Waals surface area (Å²) in [6.45, 7) is 0.788. The number of hydrogen-bond acceptors (Lipinski definition) is 3. The molecule has 8 heteroatoms. The monoisotopic (exact) mass is 391 g/mol. The van der Waals surface area contributed by atoms with E-state index in [1.54, 1.807) is 30.3 Å². The van der Waals surface area contributed by atoms with E-state index in [9.17, 15) is 22.8 Å². The standard InChI is InChI=1S/C20H20F3N3O2/c21-16-12-18(23)17(22)10-14(16)9-15(24)11-19(27)25-7-4-8-26(25)20(28)13-5-2-1-3-6-13/h1-3,5-6,10,12,15H,4,7-9,11,24H2/t15-/m1/s1. The Morgan fingerprint density at radius 2 is 1.61 bits per heavy atom. The lowest BCUT2D eigenvalue weighted by molar-refractivity contribution is -0.140. The molecule has 1 heterocycles. The van der Waals surface area contributed by atoms with Crippen molar-refractivity contribution < 1.29 is 22.8 Å². The maximum absolute atomic E-state index is 13.8. The lowest BCUT2D eigenvalue weighted by Crippen LogP contribution is -2.46. The third-order valence-corrected chi connectivity index (χ3v) is 4.58. The Balaban J connectivity index is 1.65. The van der Waals surface area contributed by atoms with Crippen molar-refractivity contribution in [2.45, 2.75) is 25.3 Å². The summed E-state index contributed by atoms with van der Waals surface area (Å²) < 4.78 is 40.1. The van der Waals surface area contributed by atoms with Crippen LogP contribution >= 0.6 is 0 Å². The molecule has 1 saturated heterocycles. The van der Waals surface area contributed by atoms with Gasteiger partial charge >= 0.3 is 0 Å². The predicted molar refractivity (Wildman–Crippen MR) is 96.4 cm³/mol. The molecule has 2 aromatic carbocycles. The quantitative estimate of drug-likeness (QED) is 0.797. The van der Waals surface area contributed by atoms with E-state index in [0.29, 0.717) is 31.1 Å². The van der Waals surface area contributed by atoms with Crippen LogP contribution in [0.15, 0.2) is 42.5 Å². The molecular formula is C20H20F3N3O2. The number of halogens is 3. The molecule has 0 aromatic heterocycles. The van der Waals surface area contributed by atoms with Gasteiger partial charge in [0, 0.05) is 37.2 Å². The van der Waals surface area contributed by atoms with Gasteiger partial charge in [0.15, 0.2) is 11.6 Å². The van der Waals surface area contributed by atoms with Crippen LogP contribution in [0.4, 0.5) is 13.2 Å². The second kappa shape index (κ2) is 8.43. The van der Waals surface area contributed by atoms with Crippen LogP contribution in [0.5, 0.6) is 0 Å². The Bertz CT molecular complexity index is 876. The van der Waals surface area contributed by atoms with Gasteiger partial charge in [-0.1, -0.05) is 18.2 Å². The number of rotatable bonds is 5. The van der Waals surface area contributed by atoms with Crippen LogP contribution in [0, 0.1) is 17.5 Å². The van der Waals surface area contributed by atoms with E-state index >= 15 is 0 Å². The summed E-state index contributed by atoms with van der Waals surface area (Å²) in [7, 11) is 0. The summed E-state index contributed by atoms with van der Waals surface area (Å²) in [5, 5.41) is 2.72. The number of carbonyl (C=O) groups is 2. The van der Waals surface area contributed by atoms with Crippen molar-refractivity contribution in [2.75, 3.05) is 13.1 Å². The number of benzene rings is 2. The van der Waals surface area contributed by atoms with E-state index in [1.165, 1.54) is 10.0 Å². The molecule has 0 aliphatic carbocycles. The molecule has 148 valence electrons. The summed E-state index contributed by atoms with van der Waals surface area (Å²) in [5.74, 6) is -4.03. The first-order chi connectivity index (χ1) is 13.4. The largest absolute Gasteiger partial charge is 0.327 e. The van der Waals surface area contributed by atoms with Gasteiger partial charge in [0.2, 0.25) is 5.91 Å². The molecule has 2 N–H and O–H groups in total. The average molecular weight is 391 g/mol. The van der Waals surface area contributed by atoms with Crippen LogP contribution < -0.4 is 5.73 Å². The molecule has 2 amide bonds. The highest BCUT2D eigenvalue weighted by Crippen LogP contribution is 2.19. The molecule has 5 nitrogen and oxygen atoms in total. The first-order valence-electron chi connectivity index (χ1n) is 8.93. The third-order valence-electron chi connectivity index (χ3n) is 4.58. The minimum Gasteiger partial charge on any atom is -0.327 e. The molecule has 28 heavy (non-hydrogen) atoms.